The quantitative estimate of drug-likeness (QED) is 0.140. The van der Waals surface area contributed by atoms with Crippen molar-refractivity contribution in [1.29, 1.82) is 0 Å². The van der Waals surface area contributed by atoms with Crippen LogP contribution in [-0.2, 0) is 23.5 Å². The van der Waals surface area contributed by atoms with Gasteiger partial charge in [-0.1, -0.05) is 20.8 Å². The lowest BCUT2D eigenvalue weighted by Crippen LogP contribution is -2.51. The minimum absolute atomic E-state index is 0. The van der Waals surface area contributed by atoms with E-state index < -0.39 is 62.6 Å². The number of Topliss-reactive ketones (excluding diaryl/α,β-unsaturated/α-hetero) is 1. The van der Waals surface area contributed by atoms with Crippen molar-refractivity contribution in [3.05, 3.63) is 61.9 Å². The average molecular weight is 913 g/mol. The van der Waals surface area contributed by atoms with E-state index in [2.05, 4.69) is 125 Å². The summed E-state index contributed by atoms with van der Waals surface area (Å²) in [5, 5.41) is 9.97. The fraction of sp³-hybridized carbons (Fsp3) is 0.314. The van der Waals surface area contributed by atoms with E-state index in [0.29, 0.717) is 15.7 Å². The van der Waals surface area contributed by atoms with E-state index in [0.717, 1.165) is 16.8 Å². The molecular weight excluding hydrogens is 829 g/mol. The van der Waals surface area contributed by atoms with Crippen LogP contribution in [0.15, 0.2) is 34.0 Å². The Balaban J connectivity index is -0.000000110. The Morgan fingerprint density at radius 2 is 1.33 bits per heavy atom. The number of aryl methyl sites for hydroxylation is 1. The summed E-state index contributed by atoms with van der Waals surface area (Å²) in [6.07, 6.45) is 3.40. The Labute approximate surface area is 407 Å². The van der Waals surface area contributed by atoms with E-state index in [9.17, 15) is 29.1 Å². The van der Waals surface area contributed by atoms with Crippen LogP contribution in [0.5, 0.6) is 5.75 Å². The second-order valence-electron chi connectivity index (χ2n) is 14.9. The summed E-state index contributed by atoms with van der Waals surface area (Å²) in [7, 11) is -2.71. The number of carbonyl (C=O) groups is 3. The number of aliphatic hydroxyl groups is 1. The molecule has 1 aromatic carbocycles. The SMILES string of the molecule is C#CC#CC#CC#CC#CC#CC#CC#CC#CC#CC#COc1cc(C(=O)n2c(=O)ccn([C@@H]3O[C@H](CO)C(OC(=O)CCC(C)=O)[C@@H]3O[Si](C)(C)C(C)(C)C)c2=O)cc(C)c1C.[HH].[HH].[HH].[HH].[HH].[HH].[HH].[HH].[HH].[HH].[HH].[HH].[HH].[HH].[HH].[HH].[HH].[HH].[HH].[HH].[HH].[HH]. The van der Waals surface area contributed by atoms with Crippen LogP contribution in [0.2, 0.25) is 18.1 Å². The minimum atomic E-state index is -2.71. The Hall–Kier alpha value is -8.23. The number of ketones is 1. The number of rotatable bonds is 10. The molecule has 2 heterocycles. The number of aromatic nitrogens is 2. The highest BCUT2D eigenvalue weighted by Crippen LogP contribution is 2.42. The Kier molecular flexibility index (Phi) is 19.0. The smallest absolute Gasteiger partial charge is 0.340 e. The lowest BCUT2D eigenvalue weighted by atomic mass is 10.0. The number of ether oxygens (including phenoxy) is 3. The van der Waals surface area contributed by atoms with Gasteiger partial charge in [-0.2, -0.15) is 4.57 Å². The first-order valence-corrected chi connectivity index (χ1v) is 22.1. The third-order valence-electron chi connectivity index (χ3n) is 9.41. The fourth-order valence-corrected chi connectivity index (χ4v) is 6.37. The van der Waals surface area contributed by atoms with Gasteiger partial charge in [0, 0.05) is 127 Å². The maximum absolute atomic E-state index is 14.2. The molecule has 0 radical (unpaired) electrons. The van der Waals surface area contributed by atoms with Crippen LogP contribution in [0.25, 0.3) is 0 Å². The van der Waals surface area contributed by atoms with E-state index >= 15 is 0 Å². The van der Waals surface area contributed by atoms with Crippen molar-refractivity contribution >= 4 is 26.0 Å². The Bertz CT molecular complexity index is 3110. The van der Waals surface area contributed by atoms with E-state index in [1.807, 2.05) is 33.9 Å². The van der Waals surface area contributed by atoms with Gasteiger partial charge in [-0.15, -0.1) is 6.42 Å². The summed E-state index contributed by atoms with van der Waals surface area (Å²) < 4.78 is 25.6. The molecule has 4 atom stereocenters. The highest BCUT2D eigenvalue weighted by molar-refractivity contribution is 6.74. The van der Waals surface area contributed by atoms with Crippen molar-refractivity contribution < 1.29 is 69.5 Å². The molecule has 1 aromatic heterocycles. The zero-order chi connectivity index (χ0) is 47.3. The van der Waals surface area contributed by atoms with Crippen molar-refractivity contribution in [3.8, 4) is 137 Å². The summed E-state index contributed by atoms with van der Waals surface area (Å²) in [6.45, 7) is 14.0. The van der Waals surface area contributed by atoms with Gasteiger partial charge in [-0.05, 0) is 110 Å². The minimum Gasteiger partial charge on any atom is -0.457 e. The highest BCUT2D eigenvalue weighted by Gasteiger charge is 2.53. The molecule has 0 bridgehead atoms. The first kappa shape index (κ1) is 50.1. The second kappa shape index (κ2) is 24.3. The normalized spacial score (nSPS) is 15.1. The van der Waals surface area contributed by atoms with Crippen LogP contribution in [0.1, 0.15) is 99.6 Å². The second-order valence-corrected chi connectivity index (χ2v) is 19.6. The van der Waals surface area contributed by atoms with Crippen molar-refractivity contribution in [2.45, 2.75) is 97.1 Å². The molecule has 13 heteroatoms. The molecular formula is C51H84N2O10Si. The maximum atomic E-state index is 14.2. The topological polar surface area (TPSA) is 152 Å². The molecule has 0 aliphatic carbocycles. The van der Waals surface area contributed by atoms with Crippen LogP contribution >= 0.6 is 0 Å². The van der Waals surface area contributed by atoms with Gasteiger partial charge in [0.2, 0.25) is 0 Å². The van der Waals surface area contributed by atoms with Gasteiger partial charge < -0.3 is 28.5 Å². The zero-order valence-electron chi connectivity index (χ0n) is 36.3. The zero-order valence-corrected chi connectivity index (χ0v) is 37.3. The monoisotopic (exact) mass is 913 g/mol. The predicted molar refractivity (Wildman–Crippen MR) is 287 cm³/mol. The summed E-state index contributed by atoms with van der Waals surface area (Å²) >= 11 is 0. The van der Waals surface area contributed by atoms with E-state index in [-0.39, 0.29) is 66.4 Å². The third kappa shape index (κ3) is 14.7. The summed E-state index contributed by atoms with van der Waals surface area (Å²) in [4.78, 5) is 65.9. The van der Waals surface area contributed by atoms with Gasteiger partial charge in [0.1, 0.15) is 29.8 Å². The van der Waals surface area contributed by atoms with Crippen LogP contribution < -0.4 is 16.0 Å². The molecule has 1 fully saturated rings. The standard InChI is InChI=1S/C51H40N2O10Si.22H2/c1-10-11-12-13-14-15-16-17-18-19-20-21-22-23-24-25-26-27-28-29-34-60-42-36-41(35-38(2)40(42)4)48(58)53-44(56)32-33-52(50(53)59)49-47(63-64(8,9)51(5,6)7)46(43(37-54)61-49)62-45(57)31-30-39(3)55;;;;;;;;;;;;;;;;;;;;;;/h1,32-33,35-36,43,46-47,49,54H,30-31,37H2,2-9H3;22*1H/t43-,46?,47+,49-;;;;;;;;;;;;;;;;;;;;;;/m1....................../s1. The first-order valence-electron chi connectivity index (χ1n) is 19.2. The molecule has 12 nitrogen and oxygen atoms in total. The molecule has 1 saturated heterocycles. The number of benzene rings is 1. The third-order valence-corrected chi connectivity index (χ3v) is 13.9. The number of terminal acetylenes is 1. The molecule has 3 rings (SSSR count). The molecule has 1 aliphatic heterocycles. The highest BCUT2D eigenvalue weighted by atomic mass is 28.4. The van der Waals surface area contributed by atoms with Crippen molar-refractivity contribution in [3.63, 3.8) is 0 Å². The molecule has 362 valence electrons. The number of nitrogens with zero attached hydrogens (tertiary/aromatic N) is 2. The molecule has 64 heavy (non-hydrogen) atoms. The van der Waals surface area contributed by atoms with Gasteiger partial charge in [-0.3, -0.25) is 19.0 Å². The van der Waals surface area contributed by atoms with E-state index in [1.54, 1.807) is 13.8 Å². The molecule has 0 amide bonds. The molecule has 0 spiro atoms. The van der Waals surface area contributed by atoms with Gasteiger partial charge in [0.25, 0.3) is 11.5 Å². The van der Waals surface area contributed by atoms with Crippen LogP contribution in [0.4, 0.5) is 0 Å². The predicted octanol–water partition coefficient (Wildman–Crippen LogP) is 8.29. The van der Waals surface area contributed by atoms with Gasteiger partial charge in [0.15, 0.2) is 20.6 Å². The summed E-state index contributed by atoms with van der Waals surface area (Å²) in [5.41, 5.74) is -0.867. The van der Waals surface area contributed by atoms with Gasteiger partial charge in [-0.25, -0.2) is 4.79 Å². The van der Waals surface area contributed by atoms with Gasteiger partial charge >= 0.3 is 11.7 Å². The largest absolute Gasteiger partial charge is 0.457 e. The Morgan fingerprint density at radius 3 is 1.81 bits per heavy atom. The number of hydrogen-bond donors (Lipinski definition) is 1. The fourth-order valence-electron chi connectivity index (χ4n) is 5.08. The molecule has 1 unspecified atom stereocenters. The number of carbonyl (C=O) groups excluding carboxylic acids is 3. The van der Waals surface area contributed by atoms with Crippen molar-refractivity contribution in [1.82, 2.24) is 9.13 Å². The van der Waals surface area contributed by atoms with Crippen LogP contribution in [0, 0.1) is 145 Å². The number of aliphatic hydroxyl groups excluding tert-OH is 1. The molecule has 1 N–H and O–H groups in total. The van der Waals surface area contributed by atoms with Crippen LogP contribution in [-0.4, -0.2) is 65.1 Å². The summed E-state index contributed by atoms with van der Waals surface area (Å²) in [6, 6.07) is 3.84. The number of esters is 1. The molecule has 2 aromatic rings. The van der Waals surface area contributed by atoms with E-state index in [1.165, 1.54) is 19.1 Å². The van der Waals surface area contributed by atoms with Crippen molar-refractivity contribution in [2.75, 3.05) is 6.61 Å². The molecule has 0 saturated carbocycles. The molecule has 1 aliphatic rings. The lowest BCUT2D eigenvalue weighted by molar-refractivity contribution is -0.156. The first-order chi connectivity index (χ1) is 30.4. The van der Waals surface area contributed by atoms with Gasteiger partial charge in [0.05, 0.1) is 13.0 Å². The Morgan fingerprint density at radius 1 is 0.812 bits per heavy atom. The maximum Gasteiger partial charge on any atom is 0.340 e. The average Bonchev–Trinajstić information content (AvgIpc) is 3.56. The summed E-state index contributed by atoms with van der Waals surface area (Å²) in [5.74, 6) is 47.2. The van der Waals surface area contributed by atoms with Crippen molar-refractivity contribution in [2.24, 2.45) is 0 Å². The lowest BCUT2D eigenvalue weighted by Gasteiger charge is -2.40. The van der Waals surface area contributed by atoms with E-state index in [4.69, 9.17) is 25.1 Å². The van der Waals surface area contributed by atoms with Crippen LogP contribution in [0.3, 0.4) is 0 Å². The number of hydrogen-bond acceptors (Lipinski definition) is 10.